The van der Waals surface area contributed by atoms with Crippen LogP contribution in [0.5, 0.6) is 0 Å². The maximum atomic E-state index is 12.5. The molecule has 0 spiro atoms. The van der Waals surface area contributed by atoms with Crippen LogP contribution in [0.2, 0.25) is 0 Å². The van der Waals surface area contributed by atoms with Gasteiger partial charge < -0.3 is 9.64 Å². The molecule has 1 aliphatic carbocycles. The second kappa shape index (κ2) is 7.97. The molecule has 28 heavy (non-hydrogen) atoms. The molecular formula is C23H23NO4. The van der Waals surface area contributed by atoms with Crippen LogP contribution in [-0.2, 0) is 22.4 Å². The number of anilines is 1. The zero-order valence-electron chi connectivity index (χ0n) is 15.8. The smallest absolute Gasteiger partial charge is 0.338 e. The fraction of sp³-hybridized carbons (Fsp3) is 0.348. The molecular weight excluding hydrogens is 354 g/mol. The number of ether oxygens (including phenoxy) is 1. The Morgan fingerprint density at radius 2 is 1.71 bits per heavy atom. The number of esters is 1. The van der Waals surface area contributed by atoms with E-state index < -0.39 is 5.97 Å². The van der Waals surface area contributed by atoms with Gasteiger partial charge in [0.25, 0.3) is 0 Å². The van der Waals surface area contributed by atoms with Crippen LogP contribution in [0.25, 0.3) is 0 Å². The zero-order valence-corrected chi connectivity index (χ0v) is 15.8. The van der Waals surface area contributed by atoms with Gasteiger partial charge in [-0.3, -0.25) is 9.59 Å². The van der Waals surface area contributed by atoms with Gasteiger partial charge in [-0.05, 0) is 67.5 Å². The second-order valence-corrected chi connectivity index (χ2v) is 7.39. The number of rotatable bonds is 5. The van der Waals surface area contributed by atoms with Crippen molar-refractivity contribution >= 4 is 23.3 Å². The number of ketones is 1. The molecule has 1 fully saturated rings. The molecule has 0 bridgehead atoms. The van der Waals surface area contributed by atoms with Gasteiger partial charge in [0.05, 0.1) is 5.56 Å². The molecule has 0 atom stereocenters. The normalized spacial score (nSPS) is 16.0. The summed E-state index contributed by atoms with van der Waals surface area (Å²) in [5, 5.41) is 0. The summed E-state index contributed by atoms with van der Waals surface area (Å²) in [6.45, 7) is 0.374. The Hall–Kier alpha value is -2.95. The van der Waals surface area contributed by atoms with Gasteiger partial charge in [0.1, 0.15) is 0 Å². The molecule has 2 aromatic rings. The van der Waals surface area contributed by atoms with Gasteiger partial charge in [-0.25, -0.2) is 4.79 Å². The SMILES string of the molecule is O=C(COC(=O)c1cccc(N2CCCC2=O)c1)c1ccc2c(c1)CCCC2. The minimum absolute atomic E-state index is 0.0631. The average molecular weight is 377 g/mol. The van der Waals surface area contributed by atoms with Crippen LogP contribution in [0.3, 0.4) is 0 Å². The molecule has 5 nitrogen and oxygen atoms in total. The van der Waals surface area contributed by atoms with E-state index in [-0.39, 0.29) is 18.3 Å². The number of carbonyl (C=O) groups excluding carboxylic acids is 3. The molecule has 4 rings (SSSR count). The van der Waals surface area contributed by atoms with Crippen molar-refractivity contribution in [2.45, 2.75) is 38.5 Å². The summed E-state index contributed by atoms with van der Waals surface area (Å²) < 4.78 is 5.24. The molecule has 0 saturated carbocycles. The summed E-state index contributed by atoms with van der Waals surface area (Å²) in [5.74, 6) is -0.694. The minimum Gasteiger partial charge on any atom is -0.454 e. The van der Waals surface area contributed by atoms with Gasteiger partial charge in [0, 0.05) is 24.2 Å². The number of Topliss-reactive ketones (excluding diaryl/α,β-unsaturated/α-hetero) is 1. The van der Waals surface area contributed by atoms with E-state index in [2.05, 4.69) is 0 Å². The molecule has 1 heterocycles. The van der Waals surface area contributed by atoms with E-state index in [1.165, 1.54) is 17.5 Å². The number of fused-ring (bicyclic) bond motifs is 1. The molecule has 2 aliphatic rings. The van der Waals surface area contributed by atoms with E-state index in [0.29, 0.717) is 29.8 Å². The summed E-state index contributed by atoms with van der Waals surface area (Å²) in [4.78, 5) is 38.4. The van der Waals surface area contributed by atoms with Crippen molar-refractivity contribution in [3.8, 4) is 0 Å². The zero-order chi connectivity index (χ0) is 19.5. The van der Waals surface area contributed by atoms with Gasteiger partial charge in [-0.1, -0.05) is 18.2 Å². The Bertz CT molecular complexity index is 934. The maximum Gasteiger partial charge on any atom is 0.338 e. The summed E-state index contributed by atoms with van der Waals surface area (Å²) in [6.07, 6.45) is 5.76. The highest BCUT2D eigenvalue weighted by atomic mass is 16.5. The fourth-order valence-corrected chi connectivity index (χ4v) is 3.93. The highest BCUT2D eigenvalue weighted by molar-refractivity contribution is 6.00. The van der Waals surface area contributed by atoms with Gasteiger partial charge in [-0.15, -0.1) is 0 Å². The Balaban J connectivity index is 1.40. The predicted molar refractivity (Wildman–Crippen MR) is 106 cm³/mol. The van der Waals surface area contributed by atoms with Gasteiger partial charge in [0.15, 0.2) is 12.4 Å². The second-order valence-electron chi connectivity index (χ2n) is 7.39. The van der Waals surface area contributed by atoms with Crippen molar-refractivity contribution in [3.05, 3.63) is 64.7 Å². The van der Waals surface area contributed by atoms with E-state index in [1.54, 1.807) is 29.2 Å². The summed E-state index contributed by atoms with van der Waals surface area (Å²) in [5.41, 5.74) is 4.16. The lowest BCUT2D eigenvalue weighted by Gasteiger charge is -2.17. The first kappa shape index (κ1) is 18.4. The lowest BCUT2D eigenvalue weighted by Crippen LogP contribution is -2.24. The van der Waals surface area contributed by atoms with Crippen molar-refractivity contribution in [1.29, 1.82) is 0 Å². The van der Waals surface area contributed by atoms with Crippen LogP contribution < -0.4 is 4.90 Å². The highest BCUT2D eigenvalue weighted by Crippen LogP contribution is 2.24. The van der Waals surface area contributed by atoms with Crippen LogP contribution >= 0.6 is 0 Å². The van der Waals surface area contributed by atoms with Crippen molar-refractivity contribution in [3.63, 3.8) is 0 Å². The van der Waals surface area contributed by atoms with Crippen LogP contribution in [0.1, 0.15) is 57.5 Å². The Kier molecular flexibility index (Phi) is 5.24. The third-order valence-electron chi connectivity index (χ3n) is 5.47. The molecule has 1 aliphatic heterocycles. The first-order chi connectivity index (χ1) is 13.6. The molecule has 0 aromatic heterocycles. The molecule has 2 aromatic carbocycles. The summed E-state index contributed by atoms with van der Waals surface area (Å²) in [6, 6.07) is 12.6. The minimum atomic E-state index is -0.556. The fourth-order valence-electron chi connectivity index (χ4n) is 3.93. The van der Waals surface area contributed by atoms with E-state index in [0.717, 1.165) is 25.7 Å². The quantitative estimate of drug-likeness (QED) is 0.588. The van der Waals surface area contributed by atoms with E-state index >= 15 is 0 Å². The first-order valence-electron chi connectivity index (χ1n) is 9.84. The van der Waals surface area contributed by atoms with Crippen molar-refractivity contribution in [1.82, 2.24) is 0 Å². The molecule has 144 valence electrons. The number of amides is 1. The monoisotopic (exact) mass is 377 g/mol. The average Bonchev–Trinajstić information content (AvgIpc) is 3.17. The molecule has 0 N–H and O–H groups in total. The molecule has 5 heteroatoms. The van der Waals surface area contributed by atoms with Gasteiger partial charge in [-0.2, -0.15) is 0 Å². The van der Waals surface area contributed by atoms with Crippen molar-refractivity contribution < 1.29 is 19.1 Å². The number of benzene rings is 2. The summed E-state index contributed by atoms with van der Waals surface area (Å²) in [7, 11) is 0. The van der Waals surface area contributed by atoms with Crippen molar-refractivity contribution in [2.24, 2.45) is 0 Å². The molecule has 0 radical (unpaired) electrons. The number of carbonyl (C=O) groups is 3. The van der Waals surface area contributed by atoms with Gasteiger partial charge >= 0.3 is 5.97 Å². The van der Waals surface area contributed by atoms with E-state index in [9.17, 15) is 14.4 Å². The number of nitrogens with zero attached hydrogens (tertiary/aromatic N) is 1. The van der Waals surface area contributed by atoms with Crippen LogP contribution in [0, 0.1) is 0 Å². The molecule has 0 unspecified atom stereocenters. The Labute approximate surface area is 164 Å². The third kappa shape index (κ3) is 3.84. The largest absolute Gasteiger partial charge is 0.454 e. The van der Waals surface area contributed by atoms with E-state index in [4.69, 9.17) is 4.74 Å². The molecule has 1 saturated heterocycles. The number of hydrogen-bond acceptors (Lipinski definition) is 4. The van der Waals surface area contributed by atoms with Crippen LogP contribution in [0.4, 0.5) is 5.69 Å². The first-order valence-corrected chi connectivity index (χ1v) is 9.84. The Morgan fingerprint density at radius 1 is 0.893 bits per heavy atom. The number of aryl methyl sites for hydroxylation is 2. The Morgan fingerprint density at radius 3 is 2.50 bits per heavy atom. The topological polar surface area (TPSA) is 63.7 Å². The highest BCUT2D eigenvalue weighted by Gasteiger charge is 2.22. The standard InChI is InChI=1S/C23H23NO4/c25-21(18-11-10-16-5-1-2-6-17(16)13-18)15-28-23(27)19-7-3-8-20(14-19)24-12-4-9-22(24)26/h3,7-8,10-11,13-14H,1-2,4-6,9,12,15H2. The van der Waals surface area contributed by atoms with Crippen molar-refractivity contribution in [2.75, 3.05) is 18.1 Å². The molecule has 1 amide bonds. The lowest BCUT2D eigenvalue weighted by atomic mass is 9.90. The van der Waals surface area contributed by atoms with Crippen LogP contribution in [0.15, 0.2) is 42.5 Å². The maximum absolute atomic E-state index is 12.5. The third-order valence-corrected chi connectivity index (χ3v) is 5.47. The van der Waals surface area contributed by atoms with E-state index in [1.807, 2.05) is 18.2 Å². The van der Waals surface area contributed by atoms with Gasteiger partial charge in [0.2, 0.25) is 5.91 Å². The number of hydrogen-bond donors (Lipinski definition) is 0. The van der Waals surface area contributed by atoms with Crippen LogP contribution in [-0.4, -0.2) is 30.8 Å². The summed E-state index contributed by atoms with van der Waals surface area (Å²) >= 11 is 0. The predicted octanol–water partition coefficient (Wildman–Crippen LogP) is 3.73. The lowest BCUT2D eigenvalue weighted by molar-refractivity contribution is -0.117.